The molecule has 47 heavy (non-hydrogen) atoms. The lowest BCUT2D eigenvalue weighted by Crippen LogP contribution is -2.64. The molecule has 256 valence electrons. The van der Waals surface area contributed by atoms with E-state index in [0.29, 0.717) is 45.8 Å². The molecule has 0 radical (unpaired) electrons. The number of carbonyl (C=O) groups is 3. The number of aromatic nitrogens is 1. The van der Waals surface area contributed by atoms with Crippen molar-refractivity contribution in [2.45, 2.75) is 77.2 Å². The van der Waals surface area contributed by atoms with Gasteiger partial charge in [0.05, 0.1) is 30.6 Å². The molecule has 1 unspecified atom stereocenters. The van der Waals surface area contributed by atoms with Gasteiger partial charge in [0, 0.05) is 63.5 Å². The smallest absolute Gasteiger partial charge is 0.410 e. The Balaban J connectivity index is 1.37. The Morgan fingerprint density at radius 2 is 1.83 bits per heavy atom. The van der Waals surface area contributed by atoms with Crippen LogP contribution in [0.1, 0.15) is 58.4 Å². The van der Waals surface area contributed by atoms with E-state index in [1.54, 1.807) is 29.0 Å². The Kier molecular flexibility index (Phi) is 10.2. The van der Waals surface area contributed by atoms with Crippen LogP contribution in [0.15, 0.2) is 36.5 Å². The van der Waals surface area contributed by atoms with Gasteiger partial charge < -0.3 is 28.9 Å². The van der Waals surface area contributed by atoms with Crippen LogP contribution in [0, 0.1) is 5.82 Å². The van der Waals surface area contributed by atoms with Crippen LogP contribution in [-0.2, 0) is 35.6 Å². The average Bonchev–Trinajstić information content (AvgIpc) is 3.26. The van der Waals surface area contributed by atoms with Gasteiger partial charge in [-0.25, -0.2) is 9.18 Å². The number of methoxy groups -OCH3 is 1. The number of carbonyl (C=O) groups excluding carboxylic acids is 3. The first-order chi connectivity index (χ1) is 22.1. The molecule has 3 aliphatic heterocycles. The lowest BCUT2D eigenvalue weighted by atomic mass is 9.91. The highest BCUT2D eigenvalue weighted by atomic mass is 19.1. The van der Waals surface area contributed by atoms with Gasteiger partial charge in [-0.2, -0.15) is 0 Å². The van der Waals surface area contributed by atoms with Crippen LogP contribution < -0.4 is 4.90 Å². The van der Waals surface area contributed by atoms with Crippen molar-refractivity contribution >= 4 is 23.6 Å². The highest BCUT2D eigenvalue weighted by molar-refractivity contribution is 5.97. The number of benzene rings is 1. The highest BCUT2D eigenvalue weighted by Crippen LogP contribution is 2.40. The molecule has 2 aromatic rings. The fourth-order valence-electron chi connectivity index (χ4n) is 6.64. The minimum Gasteiger partial charge on any atom is -0.444 e. The van der Waals surface area contributed by atoms with E-state index in [1.165, 1.54) is 12.1 Å². The number of piperazine rings is 1. The zero-order chi connectivity index (χ0) is 34.1. The van der Waals surface area contributed by atoms with Crippen LogP contribution in [0.25, 0.3) is 0 Å². The van der Waals surface area contributed by atoms with Crippen LogP contribution in [0.2, 0.25) is 0 Å². The van der Waals surface area contributed by atoms with Crippen molar-refractivity contribution in [2.75, 3.05) is 64.5 Å². The molecule has 2 saturated heterocycles. The van der Waals surface area contributed by atoms with Gasteiger partial charge in [0.15, 0.2) is 0 Å². The number of rotatable bonds is 8. The predicted octanol–water partition coefficient (Wildman–Crippen LogP) is 3.62. The van der Waals surface area contributed by atoms with Gasteiger partial charge >= 0.3 is 6.09 Å². The van der Waals surface area contributed by atoms with E-state index in [9.17, 15) is 18.8 Å². The largest absolute Gasteiger partial charge is 0.444 e. The summed E-state index contributed by atoms with van der Waals surface area (Å²) >= 11 is 0. The molecule has 0 N–H and O–H groups in total. The van der Waals surface area contributed by atoms with Crippen LogP contribution in [-0.4, -0.2) is 121 Å². The van der Waals surface area contributed by atoms with Crippen molar-refractivity contribution in [1.82, 2.24) is 19.7 Å². The minimum absolute atomic E-state index is 0.0429. The number of nitrogens with zero attached hydrogens (tertiary/aromatic N) is 5. The lowest BCUT2D eigenvalue weighted by molar-refractivity contribution is -0.153. The first kappa shape index (κ1) is 34.7. The molecule has 3 atom stereocenters. The van der Waals surface area contributed by atoms with Crippen LogP contribution >= 0.6 is 0 Å². The van der Waals surface area contributed by atoms with Crippen LogP contribution in [0.3, 0.4) is 0 Å². The Hall–Kier alpha value is -3.61. The van der Waals surface area contributed by atoms with Crippen molar-refractivity contribution in [2.24, 2.45) is 0 Å². The second-order valence-corrected chi connectivity index (χ2v) is 14.6. The standard InChI is InChI=1S/C35H48FN5O6/c1-23-15-38(27(17-40(23)33(44)47-34(2,3)4)16-39-18-28(20-45-7)46-21-31(39)43)19-30(42)41-22-35(5,6)32-29(41)13-25(14-37-32)12-24-8-10-26(36)11-9-24/h8-11,13-14,23,27-28H,12,15-22H2,1-7H3/t23-,27+,28?/m1/s1. The molecular weight excluding hydrogens is 605 g/mol. The highest BCUT2D eigenvalue weighted by Gasteiger charge is 2.43. The van der Waals surface area contributed by atoms with Gasteiger partial charge in [-0.1, -0.05) is 26.0 Å². The molecule has 4 heterocycles. The number of amides is 3. The number of morpholine rings is 1. The van der Waals surface area contributed by atoms with E-state index in [4.69, 9.17) is 19.2 Å². The molecule has 12 heteroatoms. The number of halogens is 1. The lowest BCUT2D eigenvalue weighted by Gasteiger charge is -2.47. The van der Waals surface area contributed by atoms with Crippen molar-refractivity contribution < 1.29 is 33.0 Å². The summed E-state index contributed by atoms with van der Waals surface area (Å²) in [5, 5.41) is 0. The molecule has 0 spiro atoms. The Morgan fingerprint density at radius 3 is 2.51 bits per heavy atom. The summed E-state index contributed by atoms with van der Waals surface area (Å²) in [5.41, 5.74) is 2.51. The zero-order valence-electron chi connectivity index (χ0n) is 28.6. The molecule has 1 aromatic carbocycles. The van der Waals surface area contributed by atoms with Crippen molar-refractivity contribution in [1.29, 1.82) is 0 Å². The van der Waals surface area contributed by atoms with Crippen molar-refractivity contribution in [3.63, 3.8) is 0 Å². The third-order valence-corrected chi connectivity index (χ3v) is 8.96. The summed E-state index contributed by atoms with van der Waals surface area (Å²) in [6, 6.07) is 7.87. The minimum atomic E-state index is -0.660. The average molecular weight is 654 g/mol. The normalized spacial score (nSPS) is 23.2. The Bertz CT molecular complexity index is 1460. The maximum absolute atomic E-state index is 14.2. The predicted molar refractivity (Wildman–Crippen MR) is 175 cm³/mol. The van der Waals surface area contributed by atoms with Gasteiger partial charge in [-0.3, -0.25) is 19.5 Å². The zero-order valence-corrected chi connectivity index (χ0v) is 28.6. The SMILES string of the molecule is COCC1CN(C[C@H]2CN(C(=O)OC(C)(C)C)[C@H](C)CN2CC(=O)N2CC(C)(C)c3ncc(Cc4ccc(F)cc4)cc32)C(=O)CO1. The quantitative estimate of drug-likeness (QED) is 0.426. The topological polar surface area (TPSA) is 105 Å². The second kappa shape index (κ2) is 13.9. The molecular formula is C35H48FN5O6. The number of fused-ring (bicyclic) bond motifs is 1. The van der Waals surface area contributed by atoms with E-state index in [0.717, 1.165) is 22.5 Å². The maximum atomic E-state index is 14.2. The van der Waals surface area contributed by atoms with Gasteiger partial charge in [0.1, 0.15) is 18.0 Å². The number of pyridine rings is 1. The van der Waals surface area contributed by atoms with Crippen LogP contribution in [0.5, 0.6) is 0 Å². The van der Waals surface area contributed by atoms with E-state index >= 15 is 0 Å². The maximum Gasteiger partial charge on any atom is 0.410 e. The van der Waals surface area contributed by atoms with E-state index < -0.39 is 11.7 Å². The van der Waals surface area contributed by atoms with Crippen molar-refractivity contribution in [3.05, 3.63) is 59.2 Å². The summed E-state index contributed by atoms with van der Waals surface area (Å²) in [5.74, 6) is -0.501. The molecule has 0 saturated carbocycles. The molecule has 3 amide bonds. The number of hydrogen-bond donors (Lipinski definition) is 0. The number of anilines is 1. The third kappa shape index (κ3) is 8.28. The van der Waals surface area contributed by atoms with Gasteiger partial charge in [-0.15, -0.1) is 0 Å². The molecule has 5 rings (SSSR count). The van der Waals surface area contributed by atoms with Crippen molar-refractivity contribution in [3.8, 4) is 0 Å². The molecule has 11 nitrogen and oxygen atoms in total. The second-order valence-electron chi connectivity index (χ2n) is 14.6. The molecule has 3 aliphatic rings. The molecule has 0 bridgehead atoms. The Morgan fingerprint density at radius 1 is 1.11 bits per heavy atom. The Labute approximate surface area is 276 Å². The monoisotopic (exact) mass is 653 g/mol. The first-order valence-electron chi connectivity index (χ1n) is 16.3. The summed E-state index contributed by atoms with van der Waals surface area (Å²) in [7, 11) is 1.60. The third-order valence-electron chi connectivity index (χ3n) is 8.96. The summed E-state index contributed by atoms with van der Waals surface area (Å²) in [6.45, 7) is 13.9. The van der Waals surface area contributed by atoms with Crippen LogP contribution in [0.4, 0.5) is 14.9 Å². The molecule has 1 aromatic heterocycles. The van der Waals surface area contributed by atoms with E-state index in [1.807, 2.05) is 44.9 Å². The number of ether oxygens (including phenoxy) is 3. The fraction of sp³-hybridized carbons (Fsp3) is 0.600. The summed E-state index contributed by atoms with van der Waals surface area (Å²) in [4.78, 5) is 52.6. The molecule has 0 aliphatic carbocycles. The molecule has 2 fully saturated rings. The first-order valence-corrected chi connectivity index (χ1v) is 16.3. The van der Waals surface area contributed by atoms with Gasteiger partial charge in [0.25, 0.3) is 0 Å². The van der Waals surface area contributed by atoms with E-state index in [-0.39, 0.29) is 54.4 Å². The summed E-state index contributed by atoms with van der Waals surface area (Å²) < 4.78 is 30.1. The van der Waals surface area contributed by atoms with E-state index in [2.05, 4.69) is 18.7 Å². The number of hydrogen-bond acceptors (Lipinski definition) is 8. The van der Waals surface area contributed by atoms with Gasteiger partial charge in [-0.05, 0) is 63.4 Å². The van der Waals surface area contributed by atoms with Gasteiger partial charge in [0.2, 0.25) is 11.8 Å². The summed E-state index contributed by atoms with van der Waals surface area (Å²) in [6.07, 6.45) is 1.73. The fourth-order valence-corrected chi connectivity index (χ4v) is 6.64.